The van der Waals surface area contributed by atoms with E-state index in [9.17, 15) is 4.79 Å². The quantitative estimate of drug-likeness (QED) is 0.632. The number of aryl methyl sites for hydroxylation is 1. The monoisotopic (exact) mass is 418 g/mol. The van der Waals surface area contributed by atoms with E-state index in [-0.39, 0.29) is 12.5 Å². The lowest BCUT2D eigenvalue weighted by Gasteiger charge is -2.27. The van der Waals surface area contributed by atoms with E-state index < -0.39 is 0 Å². The van der Waals surface area contributed by atoms with Crippen molar-refractivity contribution in [2.24, 2.45) is 0 Å². The molecule has 7 heteroatoms. The maximum absolute atomic E-state index is 12.3. The number of anilines is 2. The Morgan fingerprint density at radius 1 is 1.03 bits per heavy atom. The van der Waals surface area contributed by atoms with Crippen LogP contribution in [0.15, 0.2) is 60.7 Å². The van der Waals surface area contributed by atoms with Gasteiger partial charge < -0.3 is 19.7 Å². The third-order valence-electron chi connectivity index (χ3n) is 5.16. The fraction of sp³-hybridized carbons (Fsp3) is 0.292. The third-order valence-corrected chi connectivity index (χ3v) is 5.16. The highest BCUT2D eigenvalue weighted by Gasteiger charge is 2.13. The van der Waals surface area contributed by atoms with Crippen molar-refractivity contribution in [3.05, 3.63) is 66.2 Å². The summed E-state index contributed by atoms with van der Waals surface area (Å²) in [4.78, 5) is 14.4. The molecule has 0 aliphatic carbocycles. The first-order chi connectivity index (χ1) is 15.2. The molecule has 0 unspecified atom stereocenters. The predicted octanol–water partition coefficient (Wildman–Crippen LogP) is 3.56. The first-order valence-corrected chi connectivity index (χ1v) is 10.5. The van der Waals surface area contributed by atoms with Crippen LogP contribution in [0.4, 0.5) is 11.5 Å². The van der Waals surface area contributed by atoms with Gasteiger partial charge in [0, 0.05) is 24.3 Å². The van der Waals surface area contributed by atoms with Crippen LogP contribution < -0.4 is 15.0 Å². The van der Waals surface area contributed by atoms with Crippen molar-refractivity contribution in [2.75, 3.05) is 43.1 Å². The number of para-hydroxylation sites is 1. The van der Waals surface area contributed by atoms with Gasteiger partial charge in [0.1, 0.15) is 5.75 Å². The zero-order valence-electron chi connectivity index (χ0n) is 17.6. The fourth-order valence-corrected chi connectivity index (χ4v) is 3.44. The molecule has 2 heterocycles. The molecule has 7 nitrogen and oxygen atoms in total. The molecule has 0 bridgehead atoms. The number of amides is 1. The number of aromatic nitrogens is 2. The summed E-state index contributed by atoms with van der Waals surface area (Å²) < 4.78 is 11.0. The lowest BCUT2D eigenvalue weighted by molar-refractivity contribution is -0.118. The second kappa shape index (κ2) is 10.0. The van der Waals surface area contributed by atoms with Gasteiger partial charge in [-0.3, -0.25) is 4.79 Å². The molecule has 1 saturated heterocycles. The number of nitrogens with one attached hydrogen (secondary N) is 1. The molecule has 4 rings (SSSR count). The van der Waals surface area contributed by atoms with Crippen molar-refractivity contribution in [1.29, 1.82) is 0 Å². The second-order valence-electron chi connectivity index (χ2n) is 7.25. The van der Waals surface area contributed by atoms with Crippen LogP contribution in [0.25, 0.3) is 11.3 Å². The molecule has 2 aromatic carbocycles. The molecule has 160 valence electrons. The topological polar surface area (TPSA) is 76.6 Å². The Kier molecular flexibility index (Phi) is 6.74. The minimum absolute atomic E-state index is 0.0345. The fourth-order valence-electron chi connectivity index (χ4n) is 3.44. The van der Waals surface area contributed by atoms with Gasteiger partial charge >= 0.3 is 0 Å². The summed E-state index contributed by atoms with van der Waals surface area (Å²) >= 11 is 0. The average Bonchev–Trinajstić information content (AvgIpc) is 2.84. The van der Waals surface area contributed by atoms with E-state index in [1.54, 1.807) is 0 Å². The molecule has 1 N–H and O–H groups in total. The van der Waals surface area contributed by atoms with Crippen molar-refractivity contribution in [3.8, 4) is 17.0 Å². The molecule has 1 aliphatic heterocycles. The molecule has 31 heavy (non-hydrogen) atoms. The number of carbonyl (C=O) groups is 1. The third kappa shape index (κ3) is 5.38. The molecule has 1 aliphatic rings. The minimum Gasteiger partial charge on any atom is -0.483 e. The Hall–Kier alpha value is -3.45. The smallest absolute Gasteiger partial charge is 0.262 e. The van der Waals surface area contributed by atoms with Crippen molar-refractivity contribution >= 4 is 17.4 Å². The Labute approximate surface area is 182 Å². The van der Waals surface area contributed by atoms with Crippen LogP contribution in [0.5, 0.6) is 5.75 Å². The molecule has 0 spiro atoms. The number of hydrogen-bond acceptors (Lipinski definition) is 6. The van der Waals surface area contributed by atoms with Crippen LogP contribution in [0.3, 0.4) is 0 Å². The Morgan fingerprint density at radius 2 is 1.81 bits per heavy atom. The van der Waals surface area contributed by atoms with E-state index in [4.69, 9.17) is 9.47 Å². The van der Waals surface area contributed by atoms with Gasteiger partial charge in [0.25, 0.3) is 5.91 Å². The summed E-state index contributed by atoms with van der Waals surface area (Å²) in [5.74, 6) is 1.41. The summed E-state index contributed by atoms with van der Waals surface area (Å²) in [7, 11) is 0. The molecular weight excluding hydrogens is 392 g/mol. The van der Waals surface area contributed by atoms with Gasteiger partial charge in [-0.05, 0) is 42.3 Å². The lowest BCUT2D eigenvalue weighted by atomic mass is 10.1. The van der Waals surface area contributed by atoms with E-state index in [2.05, 4.69) is 27.3 Å². The molecule has 0 saturated carbocycles. The molecule has 1 amide bonds. The number of nitrogens with zero attached hydrogens (tertiary/aromatic N) is 3. The lowest BCUT2D eigenvalue weighted by Crippen LogP contribution is -2.36. The zero-order valence-corrected chi connectivity index (χ0v) is 17.6. The molecule has 1 aromatic heterocycles. The van der Waals surface area contributed by atoms with Gasteiger partial charge in [0.15, 0.2) is 12.4 Å². The number of hydrogen-bond donors (Lipinski definition) is 1. The maximum Gasteiger partial charge on any atom is 0.262 e. The summed E-state index contributed by atoms with van der Waals surface area (Å²) in [5, 5.41) is 11.6. The van der Waals surface area contributed by atoms with Crippen LogP contribution in [-0.2, 0) is 16.0 Å². The van der Waals surface area contributed by atoms with Gasteiger partial charge in [0.05, 0.1) is 18.9 Å². The van der Waals surface area contributed by atoms with Crippen molar-refractivity contribution < 1.29 is 14.3 Å². The van der Waals surface area contributed by atoms with E-state index in [1.807, 2.05) is 60.7 Å². The van der Waals surface area contributed by atoms with Gasteiger partial charge in [-0.1, -0.05) is 37.3 Å². The number of morpholine rings is 1. The highest BCUT2D eigenvalue weighted by Crippen LogP contribution is 2.22. The van der Waals surface area contributed by atoms with Crippen molar-refractivity contribution in [1.82, 2.24) is 10.2 Å². The SMILES string of the molecule is CCc1ccccc1OCC(=O)Nc1ccc(-c2ccc(N3CCOCC3)nn2)cc1. The van der Waals surface area contributed by atoms with Gasteiger partial charge in [-0.15, -0.1) is 10.2 Å². The van der Waals surface area contributed by atoms with Gasteiger partial charge in [0.2, 0.25) is 0 Å². The molecule has 0 atom stereocenters. The number of carbonyl (C=O) groups excluding carboxylic acids is 1. The van der Waals surface area contributed by atoms with Gasteiger partial charge in [-0.25, -0.2) is 0 Å². The maximum atomic E-state index is 12.3. The number of rotatable bonds is 7. The normalized spacial score (nSPS) is 13.6. The van der Waals surface area contributed by atoms with Crippen molar-refractivity contribution in [3.63, 3.8) is 0 Å². The van der Waals surface area contributed by atoms with Crippen LogP contribution in [-0.4, -0.2) is 49.0 Å². The van der Waals surface area contributed by atoms with E-state index in [0.717, 1.165) is 47.9 Å². The molecule has 0 radical (unpaired) electrons. The van der Waals surface area contributed by atoms with E-state index in [1.165, 1.54) is 0 Å². The number of ether oxygens (including phenoxy) is 2. The predicted molar refractivity (Wildman–Crippen MR) is 120 cm³/mol. The first kappa shape index (κ1) is 20.8. The van der Waals surface area contributed by atoms with Crippen LogP contribution >= 0.6 is 0 Å². The van der Waals surface area contributed by atoms with E-state index in [0.29, 0.717) is 18.9 Å². The largest absolute Gasteiger partial charge is 0.483 e. The Bertz CT molecular complexity index is 1000. The second-order valence-corrected chi connectivity index (χ2v) is 7.25. The molecular formula is C24H26N4O3. The zero-order chi connectivity index (χ0) is 21.5. The van der Waals surface area contributed by atoms with Crippen molar-refractivity contribution in [2.45, 2.75) is 13.3 Å². The molecule has 1 fully saturated rings. The summed E-state index contributed by atoms with van der Waals surface area (Å²) in [6.45, 7) is 5.11. The summed E-state index contributed by atoms with van der Waals surface area (Å²) in [5.41, 5.74) is 3.51. The average molecular weight is 418 g/mol. The first-order valence-electron chi connectivity index (χ1n) is 10.5. The van der Waals surface area contributed by atoms with E-state index >= 15 is 0 Å². The van der Waals surface area contributed by atoms with Crippen LogP contribution in [0.1, 0.15) is 12.5 Å². The minimum atomic E-state index is -0.201. The summed E-state index contributed by atoms with van der Waals surface area (Å²) in [6, 6.07) is 19.2. The highest BCUT2D eigenvalue weighted by atomic mass is 16.5. The Balaban J connectivity index is 1.33. The highest BCUT2D eigenvalue weighted by molar-refractivity contribution is 5.92. The van der Waals surface area contributed by atoms with Crippen LogP contribution in [0.2, 0.25) is 0 Å². The number of benzene rings is 2. The summed E-state index contributed by atoms with van der Waals surface area (Å²) in [6.07, 6.45) is 0.857. The Morgan fingerprint density at radius 3 is 2.52 bits per heavy atom. The van der Waals surface area contributed by atoms with Gasteiger partial charge in [-0.2, -0.15) is 0 Å². The molecule has 3 aromatic rings. The van der Waals surface area contributed by atoms with Crippen LogP contribution in [0, 0.1) is 0 Å². The standard InChI is InChI=1S/C24H26N4O3/c1-2-18-5-3-4-6-22(18)31-17-24(29)25-20-9-7-19(8-10-20)21-11-12-23(27-26-21)28-13-15-30-16-14-28/h3-12H,2,13-17H2,1H3,(H,25,29).